The van der Waals surface area contributed by atoms with Crippen molar-refractivity contribution in [3.63, 3.8) is 0 Å². The first-order valence-corrected chi connectivity index (χ1v) is 7.28. The van der Waals surface area contributed by atoms with Gasteiger partial charge in [-0.25, -0.2) is 4.98 Å². The maximum atomic E-state index is 11.2. The number of ketones is 1. The summed E-state index contributed by atoms with van der Waals surface area (Å²) < 4.78 is 5.59. The molecule has 1 aromatic heterocycles. The molecule has 0 radical (unpaired) electrons. The summed E-state index contributed by atoms with van der Waals surface area (Å²) in [7, 11) is 0. The van der Waals surface area contributed by atoms with Gasteiger partial charge in [-0.05, 0) is 18.6 Å². The molecular weight excluding hydrogens is 238 g/mol. The second-order valence-corrected chi connectivity index (χ2v) is 4.89. The van der Waals surface area contributed by atoms with E-state index in [0.717, 1.165) is 18.7 Å². The zero-order valence-corrected chi connectivity index (χ0v) is 12.2. The highest BCUT2D eigenvalue weighted by atomic mass is 16.5. The van der Waals surface area contributed by atoms with Gasteiger partial charge in [-0.1, -0.05) is 45.1 Å². The van der Waals surface area contributed by atoms with Crippen LogP contribution < -0.4 is 0 Å². The molecule has 1 rings (SSSR count). The van der Waals surface area contributed by atoms with Gasteiger partial charge in [-0.15, -0.1) is 0 Å². The van der Waals surface area contributed by atoms with Crippen LogP contribution in [0.15, 0.2) is 18.2 Å². The second-order valence-electron chi connectivity index (χ2n) is 4.89. The molecule has 3 heteroatoms. The van der Waals surface area contributed by atoms with E-state index in [2.05, 4.69) is 11.9 Å². The van der Waals surface area contributed by atoms with Gasteiger partial charge in [-0.3, -0.25) is 4.79 Å². The van der Waals surface area contributed by atoms with Crippen molar-refractivity contribution in [1.29, 1.82) is 0 Å². The summed E-state index contributed by atoms with van der Waals surface area (Å²) in [4.78, 5) is 15.5. The Labute approximate surface area is 116 Å². The lowest BCUT2D eigenvalue weighted by Gasteiger charge is -2.05. The predicted octanol–water partition coefficient (Wildman–Crippen LogP) is 4.16. The minimum Gasteiger partial charge on any atom is -0.375 e. The molecule has 0 aliphatic carbocycles. The standard InChI is InChI=1S/C16H25NO2/c1-3-4-5-6-7-8-12-19-13-15-10-9-11-16(17-15)14(2)18/h9-11H,3-8,12-13H2,1-2H3. The Morgan fingerprint density at radius 1 is 1.16 bits per heavy atom. The average Bonchev–Trinajstić information content (AvgIpc) is 2.42. The lowest BCUT2D eigenvalue weighted by Crippen LogP contribution is -2.02. The van der Waals surface area contributed by atoms with Crippen LogP contribution >= 0.6 is 0 Å². The highest BCUT2D eigenvalue weighted by Crippen LogP contribution is 2.06. The number of rotatable bonds is 10. The molecule has 0 saturated heterocycles. The van der Waals surface area contributed by atoms with E-state index >= 15 is 0 Å². The third-order valence-corrected chi connectivity index (χ3v) is 3.06. The lowest BCUT2D eigenvalue weighted by molar-refractivity contribution is 0.100. The van der Waals surface area contributed by atoms with Gasteiger partial charge in [0.05, 0.1) is 12.3 Å². The highest BCUT2D eigenvalue weighted by molar-refractivity contribution is 5.92. The van der Waals surface area contributed by atoms with Crippen LogP contribution in [0.2, 0.25) is 0 Å². The number of nitrogens with zero attached hydrogens (tertiary/aromatic N) is 1. The summed E-state index contributed by atoms with van der Waals surface area (Å²) in [6.45, 7) is 5.03. The van der Waals surface area contributed by atoms with Crippen LogP contribution in [0.3, 0.4) is 0 Å². The summed E-state index contributed by atoms with van der Waals surface area (Å²) >= 11 is 0. The summed E-state index contributed by atoms with van der Waals surface area (Å²) in [5.41, 5.74) is 1.35. The number of unbranched alkanes of at least 4 members (excludes halogenated alkanes) is 5. The molecule has 0 amide bonds. The van der Waals surface area contributed by atoms with Crippen molar-refractivity contribution in [2.75, 3.05) is 6.61 Å². The van der Waals surface area contributed by atoms with Crippen LogP contribution in [0.25, 0.3) is 0 Å². The molecule has 106 valence electrons. The smallest absolute Gasteiger partial charge is 0.178 e. The van der Waals surface area contributed by atoms with Crippen LogP contribution in [0.1, 0.15) is 68.6 Å². The van der Waals surface area contributed by atoms with Gasteiger partial charge in [0.1, 0.15) is 5.69 Å². The molecule has 3 nitrogen and oxygen atoms in total. The van der Waals surface area contributed by atoms with Gasteiger partial charge in [0.15, 0.2) is 5.78 Å². The zero-order valence-electron chi connectivity index (χ0n) is 12.2. The number of carbonyl (C=O) groups excluding carboxylic acids is 1. The van der Waals surface area contributed by atoms with E-state index in [-0.39, 0.29) is 5.78 Å². The van der Waals surface area contributed by atoms with Crippen LogP contribution in [-0.2, 0) is 11.3 Å². The van der Waals surface area contributed by atoms with Gasteiger partial charge in [0.25, 0.3) is 0 Å². The van der Waals surface area contributed by atoms with Gasteiger partial charge in [0, 0.05) is 13.5 Å². The van der Waals surface area contributed by atoms with Crippen LogP contribution in [0.4, 0.5) is 0 Å². The maximum Gasteiger partial charge on any atom is 0.178 e. The summed E-state index contributed by atoms with van der Waals surface area (Å²) in [6, 6.07) is 5.49. The largest absolute Gasteiger partial charge is 0.375 e. The Bertz CT molecular complexity index is 377. The SMILES string of the molecule is CCCCCCCCOCc1cccc(C(C)=O)n1. The minimum absolute atomic E-state index is 0.00206. The highest BCUT2D eigenvalue weighted by Gasteiger charge is 2.02. The third-order valence-electron chi connectivity index (χ3n) is 3.06. The lowest BCUT2D eigenvalue weighted by atomic mass is 10.1. The third kappa shape index (κ3) is 7.06. The monoisotopic (exact) mass is 263 g/mol. The number of aromatic nitrogens is 1. The van der Waals surface area contributed by atoms with E-state index < -0.39 is 0 Å². The molecule has 0 bridgehead atoms. The topological polar surface area (TPSA) is 39.2 Å². The first-order chi connectivity index (χ1) is 9.24. The van der Waals surface area contributed by atoms with E-state index in [4.69, 9.17) is 4.74 Å². The van der Waals surface area contributed by atoms with E-state index in [1.165, 1.54) is 39.0 Å². The summed E-state index contributed by atoms with van der Waals surface area (Å²) in [5, 5.41) is 0. The minimum atomic E-state index is -0.00206. The number of carbonyl (C=O) groups is 1. The number of pyridine rings is 1. The summed E-state index contributed by atoms with van der Waals surface area (Å²) in [6.07, 6.45) is 7.60. The number of hydrogen-bond donors (Lipinski definition) is 0. The molecule has 0 aromatic carbocycles. The van der Waals surface area contributed by atoms with Crippen LogP contribution in [0, 0.1) is 0 Å². The second kappa shape index (κ2) is 9.68. The fourth-order valence-corrected chi connectivity index (χ4v) is 1.92. The van der Waals surface area contributed by atoms with Gasteiger partial charge < -0.3 is 4.74 Å². The van der Waals surface area contributed by atoms with Gasteiger partial charge in [0.2, 0.25) is 0 Å². The Morgan fingerprint density at radius 3 is 2.63 bits per heavy atom. The van der Waals surface area contributed by atoms with Gasteiger partial charge >= 0.3 is 0 Å². The fraction of sp³-hybridized carbons (Fsp3) is 0.625. The van der Waals surface area contributed by atoms with E-state index in [1.807, 2.05) is 12.1 Å². The van der Waals surface area contributed by atoms with Crippen molar-refractivity contribution in [2.45, 2.75) is 59.0 Å². The van der Waals surface area contributed by atoms with Crippen LogP contribution in [0.5, 0.6) is 0 Å². The molecule has 0 unspecified atom stereocenters. The van der Waals surface area contributed by atoms with E-state index in [9.17, 15) is 4.79 Å². The number of ether oxygens (including phenoxy) is 1. The normalized spacial score (nSPS) is 10.6. The zero-order chi connectivity index (χ0) is 13.9. The van der Waals surface area contributed by atoms with E-state index in [0.29, 0.717) is 12.3 Å². The van der Waals surface area contributed by atoms with Crippen molar-refractivity contribution in [1.82, 2.24) is 4.98 Å². The molecule has 1 heterocycles. The van der Waals surface area contributed by atoms with E-state index in [1.54, 1.807) is 6.07 Å². The van der Waals surface area contributed by atoms with Crippen molar-refractivity contribution in [2.24, 2.45) is 0 Å². The van der Waals surface area contributed by atoms with Crippen LogP contribution in [-0.4, -0.2) is 17.4 Å². The predicted molar refractivity (Wildman–Crippen MR) is 77.3 cm³/mol. The molecule has 0 atom stereocenters. The molecular formula is C16H25NO2. The Hall–Kier alpha value is -1.22. The first kappa shape index (κ1) is 15.8. The van der Waals surface area contributed by atoms with Crippen molar-refractivity contribution in [3.8, 4) is 0 Å². The molecule has 0 N–H and O–H groups in total. The summed E-state index contributed by atoms with van der Waals surface area (Å²) in [5.74, 6) is -0.00206. The van der Waals surface area contributed by atoms with Gasteiger partial charge in [-0.2, -0.15) is 0 Å². The molecule has 0 spiro atoms. The molecule has 0 aliphatic rings. The van der Waals surface area contributed by atoms with Crippen molar-refractivity contribution in [3.05, 3.63) is 29.6 Å². The maximum absolute atomic E-state index is 11.2. The average molecular weight is 263 g/mol. The first-order valence-electron chi connectivity index (χ1n) is 7.28. The Kier molecular flexibility index (Phi) is 8.07. The molecule has 19 heavy (non-hydrogen) atoms. The van der Waals surface area contributed by atoms with Crippen molar-refractivity contribution >= 4 is 5.78 Å². The number of Topliss-reactive ketones (excluding diaryl/α,β-unsaturated/α-hetero) is 1. The Balaban J connectivity index is 2.12. The molecule has 1 aromatic rings. The van der Waals surface area contributed by atoms with Crippen molar-refractivity contribution < 1.29 is 9.53 Å². The molecule has 0 saturated carbocycles. The Morgan fingerprint density at radius 2 is 1.89 bits per heavy atom. The molecule has 0 aliphatic heterocycles. The fourth-order valence-electron chi connectivity index (χ4n) is 1.92. The quantitative estimate of drug-likeness (QED) is 0.470. The number of hydrogen-bond acceptors (Lipinski definition) is 3. The molecule has 0 fully saturated rings.